The molecule has 0 aliphatic carbocycles. The predicted octanol–water partition coefficient (Wildman–Crippen LogP) is 4.90. The van der Waals surface area contributed by atoms with Gasteiger partial charge in [0, 0.05) is 0 Å². The zero-order chi connectivity index (χ0) is 18.7. The fourth-order valence-electron chi connectivity index (χ4n) is 2.47. The maximum Gasteiger partial charge on any atom is 0.193 e. The van der Waals surface area contributed by atoms with Crippen molar-refractivity contribution in [2.45, 2.75) is 70.7 Å². The van der Waals surface area contributed by atoms with E-state index in [1.165, 1.54) is 0 Å². The highest BCUT2D eigenvalue weighted by Gasteiger charge is 2.42. The topological polar surface area (TPSA) is 36.9 Å². The van der Waals surface area contributed by atoms with Crippen molar-refractivity contribution in [3.8, 4) is 5.75 Å². The summed E-state index contributed by atoms with van der Waals surface area (Å²) < 4.78 is 23.6. The molecule has 0 unspecified atom stereocenters. The van der Waals surface area contributed by atoms with Crippen LogP contribution in [0.25, 0.3) is 0 Å². The normalized spacial score (nSPS) is 24.0. The maximum absolute atomic E-state index is 6.58. The lowest BCUT2D eigenvalue weighted by Crippen LogP contribution is -2.50. The van der Waals surface area contributed by atoms with Crippen LogP contribution < -0.4 is 4.74 Å². The second kappa shape index (κ2) is 7.93. The molecule has 0 radical (unpaired) electrons. The number of benzene rings is 1. The van der Waals surface area contributed by atoms with E-state index in [1.807, 2.05) is 37.3 Å². The molecule has 1 aliphatic heterocycles. The molecule has 0 saturated carbocycles. The Bertz CT molecular complexity index is 574. The molecule has 25 heavy (non-hydrogen) atoms. The molecule has 0 fully saturated rings. The Hall–Kier alpha value is -1.30. The van der Waals surface area contributed by atoms with E-state index >= 15 is 0 Å². The fraction of sp³-hybridized carbons (Fsp3) is 0.600. The molecule has 4 nitrogen and oxygen atoms in total. The van der Waals surface area contributed by atoms with Gasteiger partial charge in [-0.1, -0.05) is 32.9 Å². The first-order valence-electron chi connectivity index (χ1n) is 8.88. The number of rotatable bonds is 6. The average Bonchev–Trinajstić information content (AvgIpc) is 2.53. The summed E-state index contributed by atoms with van der Waals surface area (Å²) in [6.45, 7) is 13.8. The summed E-state index contributed by atoms with van der Waals surface area (Å²) in [5, 5.41) is 0.156. The summed E-state index contributed by atoms with van der Waals surface area (Å²) in [7, 11) is -0.219. The second-order valence-electron chi connectivity index (χ2n) is 8.14. The van der Waals surface area contributed by atoms with Crippen molar-refractivity contribution in [2.75, 3.05) is 7.11 Å². The molecule has 0 saturated heterocycles. The Kier molecular flexibility index (Phi) is 6.35. The van der Waals surface area contributed by atoms with Gasteiger partial charge in [0.2, 0.25) is 0 Å². The number of hydrogen-bond acceptors (Lipinski definition) is 4. The Morgan fingerprint density at radius 2 is 1.76 bits per heavy atom. The highest BCUT2D eigenvalue weighted by atomic mass is 28.4. The minimum absolute atomic E-state index is 0.0435. The third kappa shape index (κ3) is 5.09. The predicted molar refractivity (Wildman–Crippen MR) is 103 cm³/mol. The zero-order valence-corrected chi connectivity index (χ0v) is 17.5. The van der Waals surface area contributed by atoms with Gasteiger partial charge in [0.1, 0.15) is 18.0 Å². The Balaban J connectivity index is 2.05. The first kappa shape index (κ1) is 20.0. The van der Waals surface area contributed by atoms with E-state index in [-0.39, 0.29) is 23.4 Å². The van der Waals surface area contributed by atoms with Gasteiger partial charge in [0.15, 0.2) is 8.32 Å². The van der Waals surface area contributed by atoms with E-state index in [1.54, 1.807) is 13.4 Å². The molecule has 5 heteroatoms. The minimum Gasteiger partial charge on any atom is -0.497 e. The van der Waals surface area contributed by atoms with Crippen LogP contribution in [0.1, 0.15) is 33.3 Å². The Labute approximate surface area is 153 Å². The van der Waals surface area contributed by atoms with Crippen molar-refractivity contribution < 1.29 is 18.6 Å². The smallest absolute Gasteiger partial charge is 0.193 e. The van der Waals surface area contributed by atoms with Crippen LogP contribution in [-0.2, 0) is 20.5 Å². The van der Waals surface area contributed by atoms with E-state index in [0.29, 0.717) is 6.61 Å². The molecule has 0 spiro atoms. The van der Waals surface area contributed by atoms with Crippen LogP contribution in [0.3, 0.4) is 0 Å². The molecule has 1 heterocycles. The summed E-state index contributed by atoms with van der Waals surface area (Å²) in [6, 6.07) is 7.94. The van der Waals surface area contributed by atoms with Crippen molar-refractivity contribution in [1.82, 2.24) is 0 Å². The van der Waals surface area contributed by atoms with Gasteiger partial charge in [0.05, 0.1) is 26.1 Å². The van der Waals surface area contributed by atoms with E-state index < -0.39 is 8.32 Å². The van der Waals surface area contributed by atoms with Gasteiger partial charge >= 0.3 is 0 Å². The summed E-state index contributed by atoms with van der Waals surface area (Å²) in [5.74, 6) is 0.847. The van der Waals surface area contributed by atoms with Gasteiger partial charge in [-0.05, 0) is 48.8 Å². The molecule has 0 amide bonds. The molecule has 140 valence electrons. The molecule has 2 rings (SSSR count). The number of methoxy groups -OCH3 is 1. The molecular formula is C20H32O4Si. The largest absolute Gasteiger partial charge is 0.497 e. The fourth-order valence-corrected chi connectivity index (χ4v) is 3.72. The average molecular weight is 365 g/mol. The SMILES string of the molecule is COc1ccc(CO[C@H]2[C@@H](O[Si](C)(C)C(C)(C)C)C=CO[C@@H]2C)cc1. The molecule has 1 aromatic carbocycles. The molecule has 1 aromatic rings. The highest BCUT2D eigenvalue weighted by molar-refractivity contribution is 6.74. The third-order valence-corrected chi connectivity index (χ3v) is 9.66. The van der Waals surface area contributed by atoms with Crippen LogP contribution in [0.4, 0.5) is 0 Å². The van der Waals surface area contributed by atoms with Crippen LogP contribution in [0, 0.1) is 0 Å². The van der Waals surface area contributed by atoms with Gasteiger partial charge < -0.3 is 18.6 Å². The van der Waals surface area contributed by atoms with Crippen LogP contribution in [0.15, 0.2) is 36.6 Å². The van der Waals surface area contributed by atoms with Gasteiger partial charge in [-0.15, -0.1) is 0 Å². The summed E-state index contributed by atoms with van der Waals surface area (Å²) >= 11 is 0. The maximum atomic E-state index is 6.58. The molecular weight excluding hydrogens is 332 g/mol. The lowest BCUT2D eigenvalue weighted by Gasteiger charge is -2.42. The van der Waals surface area contributed by atoms with Gasteiger partial charge in [-0.3, -0.25) is 0 Å². The third-order valence-electron chi connectivity index (χ3n) is 5.19. The lowest BCUT2D eigenvalue weighted by atomic mass is 10.1. The minimum atomic E-state index is -1.89. The van der Waals surface area contributed by atoms with E-state index in [2.05, 4.69) is 33.9 Å². The van der Waals surface area contributed by atoms with Crippen LogP contribution in [-0.4, -0.2) is 33.7 Å². The first-order chi connectivity index (χ1) is 11.6. The van der Waals surface area contributed by atoms with Crippen molar-refractivity contribution in [1.29, 1.82) is 0 Å². The quantitative estimate of drug-likeness (QED) is 0.673. The monoisotopic (exact) mass is 364 g/mol. The Morgan fingerprint density at radius 3 is 2.32 bits per heavy atom. The summed E-state index contributed by atoms with van der Waals surface area (Å²) in [4.78, 5) is 0. The second-order valence-corrected chi connectivity index (χ2v) is 12.9. The highest BCUT2D eigenvalue weighted by Crippen LogP contribution is 2.38. The summed E-state index contributed by atoms with van der Waals surface area (Å²) in [6.07, 6.45) is 3.48. The zero-order valence-electron chi connectivity index (χ0n) is 16.5. The van der Waals surface area contributed by atoms with Crippen molar-refractivity contribution in [2.24, 2.45) is 0 Å². The standard InChI is InChI=1S/C20H32O4Si/c1-15-19(23-14-16-8-10-17(21-5)11-9-16)18(12-13-22-15)24-25(6,7)20(2,3)4/h8-13,15,18-19H,14H2,1-7H3/t15-,18+,19-/m1/s1. The van der Waals surface area contributed by atoms with Gasteiger partial charge in [-0.25, -0.2) is 0 Å². The lowest BCUT2D eigenvalue weighted by molar-refractivity contribution is -0.0977. The van der Waals surface area contributed by atoms with Crippen LogP contribution in [0.5, 0.6) is 5.75 Å². The van der Waals surface area contributed by atoms with Crippen LogP contribution >= 0.6 is 0 Å². The van der Waals surface area contributed by atoms with Gasteiger partial charge in [-0.2, -0.15) is 0 Å². The molecule has 3 atom stereocenters. The van der Waals surface area contributed by atoms with E-state index in [9.17, 15) is 0 Å². The number of hydrogen-bond donors (Lipinski definition) is 0. The van der Waals surface area contributed by atoms with Crippen molar-refractivity contribution in [3.05, 3.63) is 42.2 Å². The van der Waals surface area contributed by atoms with Gasteiger partial charge in [0.25, 0.3) is 0 Å². The Morgan fingerprint density at radius 1 is 1.12 bits per heavy atom. The van der Waals surface area contributed by atoms with E-state index in [4.69, 9.17) is 18.6 Å². The number of ether oxygens (including phenoxy) is 3. The molecule has 0 aromatic heterocycles. The molecule has 0 bridgehead atoms. The summed E-state index contributed by atoms with van der Waals surface area (Å²) in [5.41, 5.74) is 1.11. The van der Waals surface area contributed by atoms with Crippen molar-refractivity contribution in [3.63, 3.8) is 0 Å². The molecule has 1 aliphatic rings. The van der Waals surface area contributed by atoms with E-state index in [0.717, 1.165) is 11.3 Å². The van der Waals surface area contributed by atoms with Crippen molar-refractivity contribution >= 4 is 8.32 Å². The first-order valence-corrected chi connectivity index (χ1v) is 11.8. The van der Waals surface area contributed by atoms with Crippen LogP contribution in [0.2, 0.25) is 18.1 Å². The molecule has 0 N–H and O–H groups in total.